The standard InChI is InChI=1S/C13H17NO2S/c1-3-12(17)14-10-5-4-6-11(15)9(10)7-8(2)13(14)16/h7,12,17H,3-6H2,1-2H3. The summed E-state index contributed by atoms with van der Waals surface area (Å²) >= 11 is 4.45. The van der Waals surface area contributed by atoms with E-state index in [2.05, 4.69) is 12.6 Å². The van der Waals surface area contributed by atoms with Gasteiger partial charge in [-0.3, -0.25) is 14.2 Å². The molecule has 4 heteroatoms. The molecule has 17 heavy (non-hydrogen) atoms. The molecule has 3 nitrogen and oxygen atoms in total. The van der Waals surface area contributed by atoms with E-state index in [9.17, 15) is 9.59 Å². The molecule has 1 heterocycles. The molecule has 1 aliphatic rings. The second kappa shape index (κ2) is 4.69. The quantitative estimate of drug-likeness (QED) is 0.820. The van der Waals surface area contributed by atoms with Gasteiger partial charge in [0, 0.05) is 23.2 Å². The van der Waals surface area contributed by atoms with Gasteiger partial charge < -0.3 is 0 Å². The second-order valence-electron chi connectivity index (χ2n) is 4.53. The summed E-state index contributed by atoms with van der Waals surface area (Å²) in [5, 5.41) is -0.137. The Hall–Kier alpha value is -1.03. The zero-order chi connectivity index (χ0) is 12.6. The molecule has 0 fully saturated rings. The average molecular weight is 251 g/mol. The summed E-state index contributed by atoms with van der Waals surface area (Å²) in [7, 11) is 0. The third kappa shape index (κ3) is 2.06. The van der Waals surface area contributed by atoms with Gasteiger partial charge in [0.25, 0.3) is 5.56 Å². The first-order valence-corrected chi connectivity index (χ1v) is 6.54. The van der Waals surface area contributed by atoms with Gasteiger partial charge in [-0.1, -0.05) is 6.92 Å². The average Bonchev–Trinajstić information content (AvgIpc) is 2.31. The topological polar surface area (TPSA) is 39.1 Å². The van der Waals surface area contributed by atoms with Crippen LogP contribution < -0.4 is 5.56 Å². The Morgan fingerprint density at radius 2 is 2.12 bits per heavy atom. The van der Waals surface area contributed by atoms with Crippen molar-refractivity contribution in [1.82, 2.24) is 4.57 Å². The van der Waals surface area contributed by atoms with Crippen molar-refractivity contribution in [3.05, 3.63) is 33.2 Å². The zero-order valence-electron chi connectivity index (χ0n) is 10.2. The van der Waals surface area contributed by atoms with Crippen molar-refractivity contribution in [2.45, 2.75) is 44.9 Å². The first kappa shape index (κ1) is 12.4. The number of thiol groups is 1. The summed E-state index contributed by atoms with van der Waals surface area (Å²) in [6.45, 7) is 3.75. The van der Waals surface area contributed by atoms with Crippen LogP contribution in [0, 0.1) is 6.92 Å². The summed E-state index contributed by atoms with van der Waals surface area (Å²) in [5.74, 6) is 0.153. The van der Waals surface area contributed by atoms with Crippen LogP contribution in [-0.2, 0) is 6.42 Å². The number of hydrogen-bond donors (Lipinski definition) is 1. The SMILES string of the molecule is CCC(S)n1c2c(cc(C)c1=O)C(=O)CCC2. The lowest BCUT2D eigenvalue weighted by Crippen LogP contribution is -2.31. The van der Waals surface area contributed by atoms with Crippen LogP contribution in [0.5, 0.6) is 0 Å². The maximum absolute atomic E-state index is 12.2. The molecule has 0 N–H and O–H groups in total. The molecule has 0 amide bonds. The Morgan fingerprint density at radius 3 is 2.76 bits per heavy atom. The van der Waals surface area contributed by atoms with E-state index in [0.717, 1.165) is 30.5 Å². The summed E-state index contributed by atoms with van der Waals surface area (Å²) in [5.41, 5.74) is 2.21. The highest BCUT2D eigenvalue weighted by Gasteiger charge is 2.23. The van der Waals surface area contributed by atoms with Crippen LogP contribution in [0.25, 0.3) is 0 Å². The van der Waals surface area contributed by atoms with Gasteiger partial charge in [0.15, 0.2) is 5.78 Å². The Labute approximate surface area is 106 Å². The minimum absolute atomic E-state index is 0.0136. The van der Waals surface area contributed by atoms with E-state index in [0.29, 0.717) is 12.0 Å². The number of aryl methyl sites for hydroxylation is 1. The normalized spacial score (nSPS) is 16.8. The summed E-state index contributed by atoms with van der Waals surface area (Å²) < 4.78 is 1.70. The molecule has 0 saturated carbocycles. The first-order valence-electron chi connectivity index (χ1n) is 6.02. The van der Waals surface area contributed by atoms with Crippen LogP contribution in [0.4, 0.5) is 0 Å². The highest BCUT2D eigenvalue weighted by molar-refractivity contribution is 7.80. The minimum atomic E-state index is -0.137. The number of rotatable bonds is 2. The number of hydrogen-bond acceptors (Lipinski definition) is 3. The number of aromatic nitrogens is 1. The molecule has 0 bridgehead atoms. The van der Waals surface area contributed by atoms with Crippen LogP contribution >= 0.6 is 12.6 Å². The molecular weight excluding hydrogens is 234 g/mol. The molecule has 0 radical (unpaired) electrons. The second-order valence-corrected chi connectivity index (χ2v) is 5.12. The molecule has 1 aliphatic carbocycles. The molecule has 0 spiro atoms. The van der Waals surface area contributed by atoms with Gasteiger partial charge in [0.05, 0.1) is 5.37 Å². The van der Waals surface area contributed by atoms with Crippen LogP contribution in [0.2, 0.25) is 0 Å². The fourth-order valence-electron chi connectivity index (χ4n) is 2.35. The van der Waals surface area contributed by atoms with Crippen molar-refractivity contribution >= 4 is 18.4 Å². The molecule has 92 valence electrons. The van der Waals surface area contributed by atoms with Gasteiger partial charge in [0.1, 0.15) is 0 Å². The number of Topliss-reactive ketones (excluding diaryl/α,β-unsaturated/α-hetero) is 1. The minimum Gasteiger partial charge on any atom is -0.299 e. The Balaban J connectivity index is 2.72. The molecule has 1 aromatic heterocycles. The Bertz CT molecular complexity index is 519. The van der Waals surface area contributed by atoms with Crippen molar-refractivity contribution in [3.8, 4) is 0 Å². The predicted molar refractivity (Wildman–Crippen MR) is 71.0 cm³/mol. The smallest absolute Gasteiger partial charge is 0.254 e. The van der Waals surface area contributed by atoms with E-state index in [-0.39, 0.29) is 16.7 Å². The molecule has 1 aromatic rings. The monoisotopic (exact) mass is 251 g/mol. The summed E-state index contributed by atoms with van der Waals surface area (Å²) in [6, 6.07) is 1.74. The van der Waals surface area contributed by atoms with Gasteiger partial charge in [-0.25, -0.2) is 0 Å². The fraction of sp³-hybridized carbons (Fsp3) is 0.538. The third-order valence-corrected chi connectivity index (χ3v) is 3.90. The van der Waals surface area contributed by atoms with Crippen LogP contribution in [0.15, 0.2) is 10.9 Å². The van der Waals surface area contributed by atoms with E-state index < -0.39 is 0 Å². The first-order chi connectivity index (χ1) is 8.06. The lowest BCUT2D eigenvalue weighted by molar-refractivity contribution is 0.0970. The van der Waals surface area contributed by atoms with E-state index in [1.54, 1.807) is 17.6 Å². The highest BCUT2D eigenvalue weighted by Crippen LogP contribution is 2.25. The molecule has 0 saturated heterocycles. The van der Waals surface area contributed by atoms with Crippen LogP contribution in [0.3, 0.4) is 0 Å². The number of carbonyl (C=O) groups excluding carboxylic acids is 1. The fourth-order valence-corrected chi connectivity index (χ4v) is 2.59. The largest absolute Gasteiger partial charge is 0.299 e. The Kier molecular flexibility index (Phi) is 3.43. The lowest BCUT2D eigenvalue weighted by Gasteiger charge is -2.24. The third-order valence-electron chi connectivity index (χ3n) is 3.30. The van der Waals surface area contributed by atoms with Crippen molar-refractivity contribution in [2.24, 2.45) is 0 Å². The van der Waals surface area contributed by atoms with E-state index in [4.69, 9.17) is 0 Å². The Morgan fingerprint density at radius 1 is 1.41 bits per heavy atom. The number of fused-ring (bicyclic) bond motifs is 1. The van der Waals surface area contributed by atoms with Gasteiger partial charge in [0.2, 0.25) is 0 Å². The van der Waals surface area contributed by atoms with E-state index in [1.807, 2.05) is 6.92 Å². The molecule has 2 rings (SSSR count). The van der Waals surface area contributed by atoms with Crippen molar-refractivity contribution in [1.29, 1.82) is 0 Å². The molecular formula is C13H17NO2S. The number of nitrogens with zero attached hydrogens (tertiary/aromatic N) is 1. The van der Waals surface area contributed by atoms with E-state index in [1.165, 1.54) is 0 Å². The molecule has 0 aromatic carbocycles. The number of carbonyl (C=O) groups is 1. The van der Waals surface area contributed by atoms with Gasteiger partial charge >= 0.3 is 0 Å². The summed E-state index contributed by atoms with van der Waals surface area (Å²) in [6.07, 6.45) is 2.99. The number of ketones is 1. The maximum Gasteiger partial charge on any atom is 0.254 e. The van der Waals surface area contributed by atoms with Crippen molar-refractivity contribution in [3.63, 3.8) is 0 Å². The molecule has 1 unspecified atom stereocenters. The van der Waals surface area contributed by atoms with Crippen LogP contribution in [-0.4, -0.2) is 10.4 Å². The van der Waals surface area contributed by atoms with Gasteiger partial charge in [-0.15, -0.1) is 0 Å². The predicted octanol–water partition coefficient (Wildman–Crippen LogP) is 2.51. The summed E-state index contributed by atoms with van der Waals surface area (Å²) in [4.78, 5) is 24.0. The van der Waals surface area contributed by atoms with Crippen molar-refractivity contribution in [2.75, 3.05) is 0 Å². The highest BCUT2D eigenvalue weighted by atomic mass is 32.1. The van der Waals surface area contributed by atoms with Crippen molar-refractivity contribution < 1.29 is 4.79 Å². The lowest BCUT2D eigenvalue weighted by atomic mass is 9.93. The molecule has 0 aliphatic heterocycles. The van der Waals surface area contributed by atoms with E-state index >= 15 is 0 Å². The van der Waals surface area contributed by atoms with Crippen LogP contribution in [0.1, 0.15) is 53.2 Å². The zero-order valence-corrected chi connectivity index (χ0v) is 11.1. The van der Waals surface area contributed by atoms with Gasteiger partial charge in [-0.05, 0) is 32.3 Å². The molecule has 1 atom stereocenters. The maximum atomic E-state index is 12.2. The number of pyridine rings is 1. The van der Waals surface area contributed by atoms with Gasteiger partial charge in [-0.2, -0.15) is 12.6 Å².